The van der Waals surface area contributed by atoms with Crippen molar-refractivity contribution in [2.45, 2.75) is 26.5 Å². The molecule has 2 aromatic rings. The molecule has 1 atom stereocenters. The van der Waals surface area contributed by atoms with Crippen LogP contribution in [0.25, 0.3) is 0 Å². The zero-order chi connectivity index (χ0) is 18.6. The standard InChI is InChI=1S/C16H15Cl2FN2O3S/c1-8(2)13(24-16(23)12-11(17)14(18)25-21-12)15(22)20-7-9-3-5-10(19)6-4-9/h3-6,8,13H,7H2,1-2H3,(H,20,22). The third-order valence-electron chi connectivity index (χ3n) is 3.27. The van der Waals surface area contributed by atoms with Crippen molar-refractivity contribution in [3.05, 3.63) is 50.7 Å². The topological polar surface area (TPSA) is 68.3 Å². The minimum Gasteiger partial charge on any atom is -0.447 e. The normalized spacial score (nSPS) is 12.1. The lowest BCUT2D eigenvalue weighted by molar-refractivity contribution is -0.132. The van der Waals surface area contributed by atoms with Crippen molar-refractivity contribution in [1.29, 1.82) is 0 Å². The van der Waals surface area contributed by atoms with Gasteiger partial charge in [0.05, 0.1) is 0 Å². The summed E-state index contributed by atoms with van der Waals surface area (Å²) in [7, 11) is 0. The number of hydrogen-bond acceptors (Lipinski definition) is 5. The molecule has 1 amide bonds. The first kappa shape index (κ1) is 19.6. The third kappa shape index (κ3) is 5.14. The Bertz CT molecular complexity index is 765. The van der Waals surface area contributed by atoms with E-state index < -0.39 is 18.0 Å². The second kappa shape index (κ2) is 8.60. The van der Waals surface area contributed by atoms with Crippen LogP contribution in [-0.2, 0) is 16.1 Å². The van der Waals surface area contributed by atoms with E-state index >= 15 is 0 Å². The Hall–Kier alpha value is -1.70. The number of rotatable bonds is 6. The molecule has 0 saturated heterocycles. The van der Waals surface area contributed by atoms with Crippen LogP contribution in [0, 0.1) is 11.7 Å². The fourth-order valence-electron chi connectivity index (χ4n) is 1.94. The number of nitrogens with one attached hydrogen (secondary N) is 1. The first-order valence-electron chi connectivity index (χ1n) is 7.33. The Morgan fingerprint density at radius 1 is 1.28 bits per heavy atom. The molecule has 2 rings (SSSR count). The monoisotopic (exact) mass is 404 g/mol. The van der Waals surface area contributed by atoms with Crippen molar-refractivity contribution in [2.24, 2.45) is 5.92 Å². The average molecular weight is 405 g/mol. The maximum absolute atomic E-state index is 12.9. The maximum Gasteiger partial charge on any atom is 0.360 e. The van der Waals surface area contributed by atoms with Crippen molar-refractivity contribution in [1.82, 2.24) is 9.69 Å². The number of halogens is 3. The molecule has 0 bridgehead atoms. The number of esters is 1. The number of carbonyl (C=O) groups is 2. The van der Waals surface area contributed by atoms with Crippen LogP contribution in [0.2, 0.25) is 9.36 Å². The summed E-state index contributed by atoms with van der Waals surface area (Å²) in [6, 6.07) is 5.72. The maximum atomic E-state index is 12.9. The Morgan fingerprint density at radius 3 is 2.44 bits per heavy atom. The van der Waals surface area contributed by atoms with Gasteiger partial charge in [-0.2, -0.15) is 4.37 Å². The van der Waals surface area contributed by atoms with Crippen LogP contribution in [0.5, 0.6) is 0 Å². The Morgan fingerprint density at radius 2 is 1.92 bits per heavy atom. The highest BCUT2D eigenvalue weighted by Gasteiger charge is 2.29. The molecule has 0 fully saturated rings. The molecule has 1 aromatic heterocycles. The summed E-state index contributed by atoms with van der Waals surface area (Å²) in [5.41, 5.74) is 0.603. The van der Waals surface area contributed by atoms with E-state index in [1.807, 2.05) is 0 Å². The smallest absolute Gasteiger partial charge is 0.360 e. The molecule has 0 radical (unpaired) electrons. The number of aromatic nitrogens is 1. The molecule has 9 heteroatoms. The van der Waals surface area contributed by atoms with Gasteiger partial charge in [0, 0.05) is 6.54 Å². The highest BCUT2D eigenvalue weighted by Crippen LogP contribution is 2.30. The third-order valence-corrected chi connectivity index (χ3v) is 4.88. The molecule has 134 valence electrons. The summed E-state index contributed by atoms with van der Waals surface area (Å²) in [4.78, 5) is 24.5. The molecule has 25 heavy (non-hydrogen) atoms. The lowest BCUT2D eigenvalue weighted by Crippen LogP contribution is -2.40. The molecular weight excluding hydrogens is 390 g/mol. The summed E-state index contributed by atoms with van der Waals surface area (Å²) >= 11 is 12.5. The van der Waals surface area contributed by atoms with E-state index in [0.29, 0.717) is 0 Å². The highest BCUT2D eigenvalue weighted by molar-refractivity contribution is 7.11. The fourth-order valence-corrected chi connectivity index (χ4v) is 2.92. The van der Waals surface area contributed by atoms with Crippen molar-refractivity contribution in [3.8, 4) is 0 Å². The molecule has 5 nitrogen and oxygen atoms in total. The van der Waals surface area contributed by atoms with Crippen LogP contribution >= 0.6 is 34.7 Å². The molecule has 0 spiro atoms. The summed E-state index contributed by atoms with van der Waals surface area (Å²) in [5, 5.41) is 2.67. The van der Waals surface area contributed by atoms with Gasteiger partial charge in [-0.25, -0.2) is 9.18 Å². The van der Waals surface area contributed by atoms with Gasteiger partial charge in [-0.1, -0.05) is 49.2 Å². The molecule has 0 aliphatic carbocycles. The van der Waals surface area contributed by atoms with Crippen LogP contribution in [0.3, 0.4) is 0 Å². The Kier molecular flexibility index (Phi) is 6.75. The molecule has 0 aliphatic heterocycles. The first-order valence-corrected chi connectivity index (χ1v) is 8.86. The lowest BCUT2D eigenvalue weighted by atomic mass is 10.1. The van der Waals surface area contributed by atoms with Crippen LogP contribution in [-0.4, -0.2) is 22.4 Å². The van der Waals surface area contributed by atoms with Crippen molar-refractivity contribution < 1.29 is 18.7 Å². The van der Waals surface area contributed by atoms with E-state index in [9.17, 15) is 14.0 Å². The van der Waals surface area contributed by atoms with Gasteiger partial charge in [0.15, 0.2) is 11.8 Å². The molecule has 0 aliphatic rings. The highest BCUT2D eigenvalue weighted by atomic mass is 35.5. The van der Waals surface area contributed by atoms with Gasteiger partial charge in [0.25, 0.3) is 5.91 Å². The minimum atomic E-state index is -1.02. The van der Waals surface area contributed by atoms with Gasteiger partial charge in [-0.3, -0.25) is 4.79 Å². The first-order chi connectivity index (χ1) is 11.8. The van der Waals surface area contributed by atoms with Crippen LogP contribution < -0.4 is 5.32 Å². The number of ether oxygens (including phenoxy) is 1. The van der Waals surface area contributed by atoms with Gasteiger partial charge >= 0.3 is 5.97 Å². The number of carbonyl (C=O) groups excluding carboxylic acids is 2. The van der Waals surface area contributed by atoms with E-state index in [0.717, 1.165) is 17.1 Å². The number of amides is 1. The van der Waals surface area contributed by atoms with Crippen molar-refractivity contribution in [2.75, 3.05) is 0 Å². The van der Waals surface area contributed by atoms with Gasteiger partial charge < -0.3 is 10.1 Å². The van der Waals surface area contributed by atoms with E-state index in [4.69, 9.17) is 27.9 Å². The minimum absolute atomic E-state index is 0.00546. The lowest BCUT2D eigenvalue weighted by Gasteiger charge is -2.20. The second-order valence-electron chi connectivity index (χ2n) is 5.53. The van der Waals surface area contributed by atoms with Gasteiger partial charge in [0.2, 0.25) is 0 Å². The summed E-state index contributed by atoms with van der Waals surface area (Å²) in [5.74, 6) is -1.91. The van der Waals surface area contributed by atoms with Gasteiger partial charge in [-0.05, 0) is 35.1 Å². The molecular formula is C16H15Cl2FN2O3S. The average Bonchev–Trinajstić information content (AvgIpc) is 2.90. The van der Waals surface area contributed by atoms with Gasteiger partial charge in [0.1, 0.15) is 15.2 Å². The predicted octanol–water partition coefficient (Wildman–Crippen LogP) is 4.09. The number of benzene rings is 1. The Labute approximate surface area is 158 Å². The molecule has 1 heterocycles. The fraction of sp³-hybridized carbons (Fsp3) is 0.312. The summed E-state index contributed by atoms with van der Waals surface area (Å²) < 4.78 is 22.1. The van der Waals surface area contributed by atoms with E-state index in [2.05, 4.69) is 9.69 Å². The molecule has 1 N–H and O–H groups in total. The second-order valence-corrected chi connectivity index (χ2v) is 7.29. The number of hydrogen-bond donors (Lipinski definition) is 1. The largest absolute Gasteiger partial charge is 0.447 e. The zero-order valence-corrected chi connectivity index (χ0v) is 15.7. The van der Waals surface area contributed by atoms with Crippen molar-refractivity contribution in [3.63, 3.8) is 0 Å². The van der Waals surface area contributed by atoms with Crippen LogP contribution in [0.1, 0.15) is 29.9 Å². The SMILES string of the molecule is CC(C)C(OC(=O)c1nsc(Cl)c1Cl)C(=O)NCc1ccc(F)cc1. The van der Waals surface area contributed by atoms with Crippen LogP contribution in [0.4, 0.5) is 4.39 Å². The molecule has 1 unspecified atom stereocenters. The van der Waals surface area contributed by atoms with Crippen molar-refractivity contribution >= 4 is 46.6 Å². The molecule has 0 saturated carbocycles. The van der Waals surface area contributed by atoms with E-state index in [1.54, 1.807) is 26.0 Å². The van der Waals surface area contributed by atoms with Crippen LogP contribution in [0.15, 0.2) is 24.3 Å². The number of nitrogens with zero attached hydrogens (tertiary/aromatic N) is 1. The summed E-state index contributed by atoms with van der Waals surface area (Å²) in [6.45, 7) is 3.67. The van der Waals surface area contributed by atoms with E-state index in [1.165, 1.54) is 12.1 Å². The van der Waals surface area contributed by atoms with E-state index in [-0.39, 0.29) is 33.3 Å². The summed E-state index contributed by atoms with van der Waals surface area (Å²) in [6.07, 6.45) is -1.02. The quantitative estimate of drug-likeness (QED) is 0.736. The zero-order valence-electron chi connectivity index (χ0n) is 13.4. The Balaban J connectivity index is 2.01. The predicted molar refractivity (Wildman–Crippen MR) is 94.4 cm³/mol. The van der Waals surface area contributed by atoms with Gasteiger partial charge in [-0.15, -0.1) is 0 Å². The molecule has 1 aromatic carbocycles.